The van der Waals surface area contributed by atoms with Crippen LogP contribution in [0.15, 0.2) is 17.6 Å². The van der Waals surface area contributed by atoms with Gasteiger partial charge in [0.25, 0.3) is 0 Å². The minimum atomic E-state index is -0.393. The van der Waals surface area contributed by atoms with Crippen molar-refractivity contribution in [2.75, 3.05) is 5.32 Å². The Morgan fingerprint density at radius 2 is 2.19 bits per heavy atom. The van der Waals surface area contributed by atoms with E-state index in [2.05, 4.69) is 16.4 Å². The number of pyridine rings is 1. The largest absolute Gasteiger partial charge is 0.375 e. The van der Waals surface area contributed by atoms with E-state index in [-0.39, 0.29) is 17.6 Å². The van der Waals surface area contributed by atoms with Gasteiger partial charge in [0.05, 0.1) is 21.2 Å². The van der Waals surface area contributed by atoms with Crippen molar-refractivity contribution in [2.24, 2.45) is 5.92 Å². The molecule has 3 rings (SSSR count). The van der Waals surface area contributed by atoms with Gasteiger partial charge in [0.2, 0.25) is 0 Å². The minimum absolute atomic E-state index is 0.0207. The highest BCUT2D eigenvalue weighted by Gasteiger charge is 2.25. The zero-order valence-electron chi connectivity index (χ0n) is 11.3. The quantitative estimate of drug-likeness (QED) is 0.689. The maximum Gasteiger partial charge on any atom is 0.311 e. The fourth-order valence-electron chi connectivity index (χ4n) is 2.75. The smallest absolute Gasteiger partial charge is 0.311 e. The van der Waals surface area contributed by atoms with Gasteiger partial charge in [-0.05, 0) is 37.1 Å². The summed E-state index contributed by atoms with van der Waals surface area (Å²) >= 11 is 1.46. The predicted molar refractivity (Wildman–Crippen MR) is 81.3 cm³/mol. The van der Waals surface area contributed by atoms with Crippen molar-refractivity contribution in [1.29, 1.82) is 5.26 Å². The van der Waals surface area contributed by atoms with Crippen molar-refractivity contribution in [3.05, 3.63) is 27.8 Å². The number of fused-ring (bicyclic) bond motifs is 1. The van der Waals surface area contributed by atoms with Crippen LogP contribution >= 0.6 is 11.3 Å². The highest BCUT2D eigenvalue weighted by atomic mass is 32.1. The molecule has 1 aliphatic carbocycles. The molecule has 0 bridgehead atoms. The van der Waals surface area contributed by atoms with Gasteiger partial charge in [-0.3, -0.25) is 10.1 Å². The molecule has 1 aliphatic rings. The van der Waals surface area contributed by atoms with Gasteiger partial charge in [0.1, 0.15) is 11.9 Å². The second-order valence-corrected chi connectivity index (χ2v) is 6.15. The van der Waals surface area contributed by atoms with Crippen molar-refractivity contribution >= 4 is 32.9 Å². The Kier molecular flexibility index (Phi) is 3.71. The average Bonchev–Trinajstić information content (AvgIpc) is 2.97. The van der Waals surface area contributed by atoms with E-state index >= 15 is 0 Å². The second kappa shape index (κ2) is 5.66. The number of hydrogen-bond donors (Lipinski definition) is 1. The van der Waals surface area contributed by atoms with Gasteiger partial charge < -0.3 is 5.32 Å². The maximum absolute atomic E-state index is 11.2. The summed E-state index contributed by atoms with van der Waals surface area (Å²) in [5.74, 6) is 0.122. The van der Waals surface area contributed by atoms with Gasteiger partial charge in [0.15, 0.2) is 0 Å². The fourth-order valence-corrected chi connectivity index (χ4v) is 3.61. The second-order valence-electron chi connectivity index (χ2n) is 5.23. The summed E-state index contributed by atoms with van der Waals surface area (Å²) in [5, 5.41) is 25.4. The molecule has 0 amide bonds. The molecule has 0 unspecified atom stereocenters. The first kappa shape index (κ1) is 13.8. The molecule has 108 valence electrons. The van der Waals surface area contributed by atoms with Gasteiger partial charge in [-0.15, -0.1) is 11.3 Å². The number of nitrogens with one attached hydrogen (secondary N) is 1. The van der Waals surface area contributed by atoms with Crippen LogP contribution in [-0.2, 0) is 0 Å². The molecule has 0 saturated heterocycles. The van der Waals surface area contributed by atoms with Crippen LogP contribution in [0.4, 0.5) is 11.4 Å². The Labute approximate surface area is 125 Å². The minimum Gasteiger partial charge on any atom is -0.375 e. The molecule has 0 atom stereocenters. The van der Waals surface area contributed by atoms with E-state index in [1.54, 1.807) is 0 Å². The van der Waals surface area contributed by atoms with E-state index in [9.17, 15) is 10.1 Å². The lowest BCUT2D eigenvalue weighted by Gasteiger charge is -2.26. The average molecular weight is 302 g/mol. The zero-order chi connectivity index (χ0) is 14.8. The van der Waals surface area contributed by atoms with Gasteiger partial charge in [-0.2, -0.15) is 5.26 Å². The zero-order valence-corrected chi connectivity index (χ0v) is 12.1. The maximum atomic E-state index is 11.2. The first-order chi connectivity index (χ1) is 10.2. The monoisotopic (exact) mass is 302 g/mol. The summed E-state index contributed by atoms with van der Waals surface area (Å²) in [7, 11) is 0. The van der Waals surface area contributed by atoms with Crippen LogP contribution in [0.25, 0.3) is 10.2 Å². The van der Waals surface area contributed by atoms with Crippen molar-refractivity contribution < 1.29 is 4.92 Å². The summed E-state index contributed by atoms with van der Waals surface area (Å²) in [4.78, 5) is 14.9. The first-order valence-corrected chi connectivity index (χ1v) is 7.73. The van der Waals surface area contributed by atoms with Gasteiger partial charge in [0, 0.05) is 12.0 Å². The Hall–Kier alpha value is -2.20. The number of anilines is 1. The third-order valence-corrected chi connectivity index (χ3v) is 4.83. The van der Waals surface area contributed by atoms with E-state index in [4.69, 9.17) is 5.26 Å². The summed E-state index contributed by atoms with van der Waals surface area (Å²) in [6, 6.07) is 4.34. The molecular formula is C14H14N4O2S. The Morgan fingerprint density at radius 3 is 2.86 bits per heavy atom. The lowest BCUT2D eigenvalue weighted by molar-refractivity contribution is -0.384. The molecule has 0 aliphatic heterocycles. The number of rotatable bonds is 3. The van der Waals surface area contributed by atoms with Crippen LogP contribution in [0.2, 0.25) is 0 Å². The van der Waals surface area contributed by atoms with Crippen LogP contribution < -0.4 is 5.32 Å². The van der Waals surface area contributed by atoms with E-state index < -0.39 is 4.92 Å². The standard InChI is InChI=1S/C14H14N4O2S/c15-7-9-1-3-10(4-2-9)17-13-12(18(19)20)8-16-11-5-6-21-14(11)13/h5-6,8-10H,1-4H2,(H,16,17)/t9-,10+. The highest BCUT2D eigenvalue weighted by molar-refractivity contribution is 7.17. The number of thiophene rings is 1. The van der Waals surface area contributed by atoms with Crippen LogP contribution in [0.5, 0.6) is 0 Å². The topological polar surface area (TPSA) is 91.8 Å². The number of nitriles is 1. The van der Waals surface area contributed by atoms with Crippen molar-refractivity contribution in [1.82, 2.24) is 4.98 Å². The summed E-state index contributed by atoms with van der Waals surface area (Å²) < 4.78 is 0.826. The van der Waals surface area contributed by atoms with Crippen molar-refractivity contribution in [3.63, 3.8) is 0 Å². The van der Waals surface area contributed by atoms with Crippen molar-refractivity contribution in [3.8, 4) is 6.07 Å². The lowest BCUT2D eigenvalue weighted by atomic mass is 9.87. The summed E-state index contributed by atoms with van der Waals surface area (Å²) in [6.07, 6.45) is 4.74. The molecule has 6 nitrogen and oxygen atoms in total. The summed E-state index contributed by atoms with van der Waals surface area (Å²) in [5.41, 5.74) is 1.37. The molecule has 1 N–H and O–H groups in total. The highest BCUT2D eigenvalue weighted by Crippen LogP contribution is 2.37. The van der Waals surface area contributed by atoms with Crippen LogP contribution in [0, 0.1) is 27.4 Å². The fraction of sp³-hybridized carbons (Fsp3) is 0.429. The first-order valence-electron chi connectivity index (χ1n) is 6.86. The molecular weight excluding hydrogens is 288 g/mol. The molecule has 2 aromatic heterocycles. The van der Waals surface area contributed by atoms with E-state index in [1.807, 2.05) is 11.4 Å². The van der Waals surface area contributed by atoms with Gasteiger partial charge in [-0.1, -0.05) is 0 Å². The number of nitrogens with zero attached hydrogens (tertiary/aromatic N) is 3. The van der Waals surface area contributed by atoms with E-state index in [0.717, 1.165) is 35.9 Å². The third kappa shape index (κ3) is 2.67. The van der Waals surface area contributed by atoms with Crippen LogP contribution in [0.1, 0.15) is 25.7 Å². The number of nitro groups is 1. The molecule has 2 heterocycles. The van der Waals surface area contributed by atoms with Crippen LogP contribution in [-0.4, -0.2) is 15.9 Å². The number of aromatic nitrogens is 1. The molecule has 2 aromatic rings. The molecule has 7 heteroatoms. The number of hydrogen-bond acceptors (Lipinski definition) is 6. The van der Waals surface area contributed by atoms with Gasteiger partial charge in [-0.25, -0.2) is 4.98 Å². The van der Waals surface area contributed by atoms with E-state index in [0.29, 0.717) is 5.69 Å². The molecule has 0 radical (unpaired) electrons. The van der Waals surface area contributed by atoms with E-state index in [1.165, 1.54) is 17.5 Å². The Balaban J connectivity index is 1.89. The molecule has 0 spiro atoms. The normalized spacial score (nSPS) is 21.9. The molecule has 1 fully saturated rings. The molecule has 21 heavy (non-hydrogen) atoms. The van der Waals surface area contributed by atoms with Gasteiger partial charge >= 0.3 is 5.69 Å². The Bertz CT molecular complexity index is 713. The predicted octanol–water partition coefficient (Wildman–Crippen LogP) is 3.70. The lowest BCUT2D eigenvalue weighted by Crippen LogP contribution is -2.26. The Morgan fingerprint density at radius 1 is 1.43 bits per heavy atom. The van der Waals surface area contributed by atoms with Crippen LogP contribution in [0.3, 0.4) is 0 Å². The summed E-state index contributed by atoms with van der Waals surface area (Å²) in [6.45, 7) is 0. The third-order valence-electron chi connectivity index (χ3n) is 3.91. The SMILES string of the molecule is N#C[C@H]1CC[C@@H](Nc2c([N+](=O)[O-])cnc3ccsc23)CC1. The molecule has 1 saturated carbocycles. The van der Waals surface area contributed by atoms with Crippen molar-refractivity contribution in [2.45, 2.75) is 31.7 Å². The molecule has 0 aromatic carbocycles.